The molecule has 2 N–H and O–H groups in total. The normalized spacial score (nSPS) is 13.9. The Kier molecular flexibility index (Phi) is 10.7. The van der Waals surface area contributed by atoms with Crippen molar-refractivity contribution in [3.63, 3.8) is 0 Å². The molecule has 4 nitrogen and oxygen atoms in total. The van der Waals surface area contributed by atoms with Gasteiger partial charge in [-0.25, -0.2) is 0 Å². The molecule has 2 atom stereocenters. The predicted octanol–water partition coefficient (Wildman–Crippen LogP) is 9.46. The molecular weight excluding hydrogens is 552 g/mol. The molecule has 0 amide bonds. The number of benzene rings is 4. The number of hydrogen-bond acceptors (Lipinski definition) is 4. The van der Waals surface area contributed by atoms with Crippen LogP contribution in [0.4, 0.5) is 0 Å². The lowest BCUT2D eigenvalue weighted by atomic mass is 9.84. The van der Waals surface area contributed by atoms with Gasteiger partial charge in [0.1, 0.15) is 11.5 Å². The van der Waals surface area contributed by atoms with Gasteiger partial charge in [0.15, 0.2) is 0 Å². The van der Waals surface area contributed by atoms with Crippen molar-refractivity contribution in [2.24, 2.45) is 9.98 Å². The minimum Gasteiger partial charge on any atom is -0.507 e. The highest BCUT2D eigenvalue weighted by Crippen LogP contribution is 2.35. The Labute approximate surface area is 270 Å². The molecule has 45 heavy (non-hydrogen) atoms. The maximum absolute atomic E-state index is 11.2. The summed E-state index contributed by atoms with van der Waals surface area (Å²) in [6.45, 7) is 16.8. The van der Waals surface area contributed by atoms with Gasteiger partial charge < -0.3 is 10.2 Å². The first-order valence-electron chi connectivity index (χ1n) is 16.0. The van der Waals surface area contributed by atoms with Crippen molar-refractivity contribution >= 4 is 12.4 Å². The van der Waals surface area contributed by atoms with Crippen molar-refractivity contribution < 1.29 is 10.2 Å². The van der Waals surface area contributed by atoms with E-state index in [9.17, 15) is 10.2 Å². The first-order valence-corrected chi connectivity index (χ1v) is 16.0. The zero-order valence-electron chi connectivity index (χ0n) is 28.3. The van der Waals surface area contributed by atoms with Crippen LogP contribution in [0.2, 0.25) is 0 Å². The standard InChI is InChI=1S/C41H50N2O2/c1-28-19-32(38(44)36(21-28)40(3,4)5)26-42-34(23-30-15-11-9-12-16-30)25-35(24-31-17-13-10-14-18-31)43-27-33-20-29(2)22-37(39(33)45)41(6,7)8/h9-22,26-27,34-35,44-45H,23-25H2,1-8H3. The summed E-state index contributed by atoms with van der Waals surface area (Å²) < 4.78 is 0. The molecule has 0 aliphatic rings. The molecule has 0 fully saturated rings. The quantitative estimate of drug-likeness (QED) is 0.178. The molecule has 0 saturated carbocycles. The second kappa shape index (κ2) is 14.3. The molecule has 4 rings (SSSR count). The summed E-state index contributed by atoms with van der Waals surface area (Å²) in [5, 5.41) is 22.5. The number of rotatable bonds is 10. The van der Waals surface area contributed by atoms with Crippen LogP contribution in [-0.4, -0.2) is 34.7 Å². The lowest BCUT2D eigenvalue weighted by molar-refractivity contribution is 0.445. The first-order chi connectivity index (χ1) is 21.2. The summed E-state index contributed by atoms with van der Waals surface area (Å²) in [6.07, 6.45) is 5.89. The van der Waals surface area contributed by atoms with E-state index in [0.717, 1.165) is 46.2 Å². The molecule has 4 aromatic carbocycles. The lowest BCUT2D eigenvalue weighted by Crippen LogP contribution is -2.20. The molecule has 0 saturated heterocycles. The van der Waals surface area contributed by atoms with Crippen LogP contribution >= 0.6 is 0 Å². The largest absolute Gasteiger partial charge is 0.507 e. The van der Waals surface area contributed by atoms with E-state index >= 15 is 0 Å². The van der Waals surface area contributed by atoms with E-state index in [2.05, 4.69) is 116 Å². The van der Waals surface area contributed by atoms with Crippen LogP contribution in [0.15, 0.2) is 94.9 Å². The lowest BCUT2D eigenvalue weighted by Gasteiger charge is -2.23. The van der Waals surface area contributed by atoms with Crippen molar-refractivity contribution in [2.45, 2.75) is 97.6 Å². The average molecular weight is 603 g/mol. The second-order valence-corrected chi connectivity index (χ2v) is 14.5. The van der Waals surface area contributed by atoms with E-state index < -0.39 is 0 Å². The van der Waals surface area contributed by atoms with Gasteiger partial charge in [0, 0.05) is 34.7 Å². The molecule has 0 aromatic heterocycles. The van der Waals surface area contributed by atoms with Gasteiger partial charge >= 0.3 is 0 Å². The molecule has 0 aliphatic heterocycles. The van der Waals surface area contributed by atoms with E-state index in [0.29, 0.717) is 17.9 Å². The second-order valence-electron chi connectivity index (χ2n) is 14.5. The van der Waals surface area contributed by atoms with E-state index in [1.807, 2.05) is 36.7 Å². The molecule has 0 bridgehead atoms. The number of nitrogens with zero attached hydrogens (tertiary/aromatic N) is 2. The Morgan fingerprint density at radius 1 is 0.578 bits per heavy atom. The number of aryl methyl sites for hydroxylation is 2. The minimum atomic E-state index is -0.189. The van der Waals surface area contributed by atoms with Gasteiger partial charge in [-0.1, -0.05) is 114 Å². The molecule has 236 valence electrons. The maximum Gasteiger partial charge on any atom is 0.128 e. The van der Waals surface area contributed by atoms with Crippen molar-refractivity contribution in [3.8, 4) is 11.5 Å². The van der Waals surface area contributed by atoms with Crippen LogP contribution in [0, 0.1) is 13.8 Å². The van der Waals surface area contributed by atoms with Crippen molar-refractivity contribution in [3.05, 3.63) is 129 Å². The summed E-state index contributed by atoms with van der Waals surface area (Å²) in [7, 11) is 0. The fourth-order valence-corrected chi connectivity index (χ4v) is 5.81. The van der Waals surface area contributed by atoms with Gasteiger partial charge in [0.05, 0.1) is 12.1 Å². The fraction of sp³-hybridized carbons (Fsp3) is 0.366. The van der Waals surface area contributed by atoms with E-state index in [4.69, 9.17) is 9.98 Å². The predicted molar refractivity (Wildman–Crippen MR) is 191 cm³/mol. The Morgan fingerprint density at radius 2 is 0.933 bits per heavy atom. The van der Waals surface area contributed by atoms with Gasteiger partial charge in [0.2, 0.25) is 0 Å². The maximum atomic E-state index is 11.2. The highest BCUT2D eigenvalue weighted by molar-refractivity contribution is 5.85. The number of phenolic OH excluding ortho intramolecular Hbond substituents is 2. The minimum absolute atomic E-state index is 0.0764. The van der Waals surface area contributed by atoms with E-state index in [-0.39, 0.29) is 22.9 Å². The highest BCUT2D eigenvalue weighted by atomic mass is 16.3. The third-order valence-corrected chi connectivity index (χ3v) is 8.20. The van der Waals surface area contributed by atoms with Gasteiger partial charge in [0.25, 0.3) is 0 Å². The Hall–Kier alpha value is -4.18. The van der Waals surface area contributed by atoms with Gasteiger partial charge in [-0.15, -0.1) is 0 Å². The highest BCUT2D eigenvalue weighted by Gasteiger charge is 2.23. The summed E-state index contributed by atoms with van der Waals surface area (Å²) in [6, 6.07) is 28.8. The molecular formula is C41H50N2O2. The molecule has 0 heterocycles. The van der Waals surface area contributed by atoms with Crippen LogP contribution < -0.4 is 0 Å². The van der Waals surface area contributed by atoms with Crippen molar-refractivity contribution in [1.29, 1.82) is 0 Å². The topological polar surface area (TPSA) is 65.2 Å². The zero-order valence-corrected chi connectivity index (χ0v) is 28.3. The molecule has 2 unspecified atom stereocenters. The number of aromatic hydroxyl groups is 2. The van der Waals surface area contributed by atoms with Crippen molar-refractivity contribution in [1.82, 2.24) is 0 Å². The molecule has 0 spiro atoms. The number of hydrogen-bond donors (Lipinski definition) is 2. The van der Waals surface area contributed by atoms with Crippen molar-refractivity contribution in [2.75, 3.05) is 0 Å². The van der Waals surface area contributed by atoms with E-state index in [1.54, 1.807) is 0 Å². The monoisotopic (exact) mass is 602 g/mol. The summed E-state index contributed by atoms with van der Waals surface area (Å²) in [5.41, 5.74) is 7.54. The third-order valence-electron chi connectivity index (χ3n) is 8.20. The molecule has 0 radical (unpaired) electrons. The van der Waals surface area contributed by atoms with Gasteiger partial charge in [-0.2, -0.15) is 0 Å². The fourth-order valence-electron chi connectivity index (χ4n) is 5.81. The smallest absolute Gasteiger partial charge is 0.128 e. The Bertz CT molecular complexity index is 1500. The molecule has 0 aliphatic carbocycles. The van der Waals surface area contributed by atoms with Crippen LogP contribution in [-0.2, 0) is 23.7 Å². The van der Waals surface area contributed by atoms with Gasteiger partial charge in [-0.3, -0.25) is 9.98 Å². The first kappa shape index (κ1) is 33.7. The molecule has 4 aromatic rings. The summed E-state index contributed by atoms with van der Waals surface area (Å²) in [4.78, 5) is 10.2. The average Bonchev–Trinajstić information content (AvgIpc) is 2.97. The zero-order chi connectivity index (χ0) is 32.8. The number of aliphatic imine (C=N–C) groups is 2. The summed E-state index contributed by atoms with van der Waals surface area (Å²) in [5.74, 6) is 0.581. The van der Waals surface area contributed by atoms with Crippen LogP contribution in [0.25, 0.3) is 0 Å². The molecule has 4 heteroatoms. The van der Waals surface area contributed by atoms with Crippen LogP contribution in [0.3, 0.4) is 0 Å². The summed E-state index contributed by atoms with van der Waals surface area (Å²) >= 11 is 0. The van der Waals surface area contributed by atoms with Crippen LogP contribution in [0.5, 0.6) is 11.5 Å². The van der Waals surface area contributed by atoms with Crippen LogP contribution in [0.1, 0.15) is 92.5 Å². The number of phenols is 2. The Morgan fingerprint density at radius 3 is 1.27 bits per heavy atom. The third kappa shape index (κ3) is 9.41. The SMILES string of the molecule is Cc1cc(C=NC(Cc2ccccc2)CC(Cc2ccccc2)N=Cc2cc(C)cc(C(C)(C)C)c2O)c(O)c(C(C)(C)C)c1. The Balaban J connectivity index is 1.73. The van der Waals surface area contributed by atoms with E-state index in [1.165, 1.54) is 11.1 Å². The van der Waals surface area contributed by atoms with Gasteiger partial charge in [-0.05, 0) is 78.3 Å².